The van der Waals surface area contributed by atoms with Crippen molar-refractivity contribution < 1.29 is 58.9 Å². The van der Waals surface area contributed by atoms with Gasteiger partial charge in [-0.15, -0.1) is 0 Å². The molecule has 2 aromatic carbocycles. The molecule has 2 aliphatic rings. The highest BCUT2D eigenvalue weighted by molar-refractivity contribution is 5.98. The summed E-state index contributed by atoms with van der Waals surface area (Å²) in [7, 11) is 0. The summed E-state index contributed by atoms with van der Waals surface area (Å²) >= 11 is 0. The number of benzene rings is 2. The predicted molar refractivity (Wildman–Crippen MR) is 189 cm³/mol. The van der Waals surface area contributed by atoms with Gasteiger partial charge < -0.3 is 39.7 Å². The van der Waals surface area contributed by atoms with Crippen LogP contribution in [0.15, 0.2) is 85.0 Å². The molecule has 2 aromatic rings. The average molecular weight is 723 g/mol. The SMILES string of the molecule is CC(/C=C\CC[C@]12O[C@H](C(=O)O)[C@@](O)(C(=O)O)[C@](C(=O)O)(O1)[C@H](OC(=O)CC/C=C/C(C)CCCc1ccccc1)[C@H]2O)CCCc1ccccc1. The summed E-state index contributed by atoms with van der Waals surface area (Å²) in [5, 5.41) is 53.3. The maximum atomic E-state index is 13.1. The van der Waals surface area contributed by atoms with Crippen molar-refractivity contribution in [1.29, 1.82) is 0 Å². The molecule has 0 saturated carbocycles. The third-order valence-corrected chi connectivity index (χ3v) is 9.90. The number of carbonyl (C=O) groups is 4. The Morgan fingerprint density at radius 1 is 0.808 bits per heavy atom. The van der Waals surface area contributed by atoms with E-state index in [1.807, 2.05) is 62.4 Å². The molecule has 12 heteroatoms. The minimum absolute atomic E-state index is 0.0859. The van der Waals surface area contributed by atoms with Gasteiger partial charge in [-0.3, -0.25) is 4.79 Å². The van der Waals surface area contributed by atoms with Crippen molar-refractivity contribution in [3.63, 3.8) is 0 Å². The Morgan fingerprint density at radius 3 is 1.81 bits per heavy atom. The molecule has 4 rings (SSSR count). The molecule has 5 N–H and O–H groups in total. The molecule has 52 heavy (non-hydrogen) atoms. The van der Waals surface area contributed by atoms with E-state index in [4.69, 9.17) is 14.2 Å². The number of carboxylic acids is 3. The number of rotatable bonds is 20. The molecular formula is C40H50O12. The van der Waals surface area contributed by atoms with E-state index in [1.54, 1.807) is 12.2 Å². The van der Waals surface area contributed by atoms with Crippen LogP contribution < -0.4 is 0 Å². The van der Waals surface area contributed by atoms with Gasteiger partial charge in [-0.25, -0.2) is 14.4 Å². The summed E-state index contributed by atoms with van der Waals surface area (Å²) in [6, 6.07) is 20.1. The molecule has 0 spiro atoms. The van der Waals surface area contributed by atoms with Crippen molar-refractivity contribution in [3.8, 4) is 0 Å². The number of ether oxygens (including phenoxy) is 3. The molecule has 282 valence electrons. The number of allylic oxidation sites excluding steroid dienone is 4. The maximum absolute atomic E-state index is 13.1. The molecule has 0 aromatic heterocycles. The zero-order valence-corrected chi connectivity index (χ0v) is 29.6. The lowest BCUT2D eigenvalue weighted by molar-refractivity contribution is -0.373. The highest BCUT2D eigenvalue weighted by Gasteiger charge is 2.85. The minimum atomic E-state index is -3.80. The van der Waals surface area contributed by atoms with Crippen LogP contribution in [0, 0.1) is 11.8 Å². The molecule has 0 radical (unpaired) electrons. The number of aliphatic hydroxyl groups is 2. The predicted octanol–water partition coefficient (Wildman–Crippen LogP) is 5.10. The average Bonchev–Trinajstić information content (AvgIpc) is 3.32. The number of aryl methyl sites for hydroxylation is 2. The van der Waals surface area contributed by atoms with Crippen LogP contribution in [0.5, 0.6) is 0 Å². The van der Waals surface area contributed by atoms with Crippen molar-refractivity contribution in [2.75, 3.05) is 0 Å². The summed E-state index contributed by atoms with van der Waals surface area (Å²) in [5.41, 5.74) is -4.75. The van der Waals surface area contributed by atoms with Gasteiger partial charge in [0.1, 0.15) is 6.10 Å². The summed E-state index contributed by atoms with van der Waals surface area (Å²) in [5.74, 6) is -9.55. The number of carbonyl (C=O) groups excluding carboxylic acids is 1. The number of aliphatic hydroxyl groups excluding tert-OH is 1. The van der Waals surface area contributed by atoms with Crippen LogP contribution in [-0.2, 0) is 46.2 Å². The number of aliphatic carboxylic acids is 3. The van der Waals surface area contributed by atoms with Gasteiger partial charge in [0.25, 0.3) is 0 Å². The highest BCUT2D eigenvalue weighted by atomic mass is 16.8. The third-order valence-electron chi connectivity index (χ3n) is 9.90. The largest absolute Gasteiger partial charge is 0.479 e. The number of fused-ring (bicyclic) bond motifs is 2. The standard InChI is InChI=1S/C40H50O12/c1-27(17-13-23-29-19-5-3-6-20-29)15-9-10-25-31(41)50-33-32(42)38(26-12-11-16-28(2)18-14-24-30-21-7-4-8-22-30)51-34(35(43)44)39(49,36(45)46)40(33,52-38)37(47)48/h3-9,11,15-16,19-22,27-28,32-34,42,49H,10,12-14,17-18,23-26H2,1-2H3,(H,43,44)(H,45,46)(H,47,48)/b15-9+,16-11-/t27?,28?,32-,33-,34-,38+,39-,40+/m1/s1. The lowest BCUT2D eigenvalue weighted by Gasteiger charge is -2.48. The lowest BCUT2D eigenvalue weighted by atomic mass is 9.74. The van der Waals surface area contributed by atoms with Crippen molar-refractivity contribution in [2.24, 2.45) is 11.8 Å². The van der Waals surface area contributed by atoms with E-state index in [2.05, 4.69) is 24.3 Å². The molecule has 0 aliphatic carbocycles. The fourth-order valence-corrected chi connectivity index (χ4v) is 7.03. The summed E-state index contributed by atoms with van der Waals surface area (Å²) in [4.78, 5) is 50.8. The van der Waals surface area contributed by atoms with Crippen LogP contribution in [0.25, 0.3) is 0 Å². The third kappa shape index (κ3) is 8.98. The first-order valence-corrected chi connectivity index (χ1v) is 17.9. The van der Waals surface area contributed by atoms with Gasteiger partial charge in [-0.05, 0) is 74.3 Å². The van der Waals surface area contributed by atoms with E-state index in [1.165, 1.54) is 11.1 Å². The fraction of sp³-hybridized carbons (Fsp3) is 0.500. The Morgan fingerprint density at radius 2 is 1.33 bits per heavy atom. The topological polar surface area (TPSA) is 197 Å². The second-order valence-electron chi connectivity index (χ2n) is 13.9. The molecule has 0 amide bonds. The Labute approximate surface area is 303 Å². The smallest absolute Gasteiger partial charge is 0.344 e. The lowest BCUT2D eigenvalue weighted by Crippen LogP contribution is -2.78. The number of esters is 1. The van der Waals surface area contributed by atoms with E-state index in [-0.39, 0.29) is 37.5 Å². The van der Waals surface area contributed by atoms with Gasteiger partial charge in [0, 0.05) is 12.8 Å². The second-order valence-corrected chi connectivity index (χ2v) is 13.9. The van der Waals surface area contributed by atoms with Gasteiger partial charge in [0.2, 0.25) is 23.1 Å². The maximum Gasteiger partial charge on any atom is 0.344 e. The molecule has 2 saturated heterocycles. The molecule has 2 aliphatic heterocycles. The molecular weight excluding hydrogens is 672 g/mol. The fourth-order valence-electron chi connectivity index (χ4n) is 7.03. The van der Waals surface area contributed by atoms with Crippen LogP contribution in [0.2, 0.25) is 0 Å². The van der Waals surface area contributed by atoms with Gasteiger partial charge in [-0.1, -0.05) is 98.8 Å². The minimum Gasteiger partial charge on any atom is -0.479 e. The van der Waals surface area contributed by atoms with Crippen LogP contribution in [-0.4, -0.2) is 84.7 Å². The van der Waals surface area contributed by atoms with Crippen molar-refractivity contribution in [2.45, 2.75) is 113 Å². The van der Waals surface area contributed by atoms with Crippen molar-refractivity contribution >= 4 is 23.9 Å². The normalized spacial score (nSPS) is 28.1. The summed E-state index contributed by atoms with van der Waals surface area (Å²) in [6.07, 6.45) is 5.33. The summed E-state index contributed by atoms with van der Waals surface area (Å²) < 4.78 is 16.6. The zero-order valence-electron chi connectivity index (χ0n) is 29.6. The monoisotopic (exact) mass is 722 g/mol. The Balaban J connectivity index is 1.43. The number of carboxylic acid groups (broad SMARTS) is 3. The van der Waals surface area contributed by atoms with Gasteiger partial charge in [0.05, 0.1) is 0 Å². The Kier molecular flexibility index (Phi) is 13.9. The van der Waals surface area contributed by atoms with E-state index in [0.29, 0.717) is 0 Å². The molecule has 2 heterocycles. The van der Waals surface area contributed by atoms with E-state index in [9.17, 15) is 44.7 Å². The molecule has 2 bridgehead atoms. The number of hydrogen-bond acceptors (Lipinski definition) is 9. The van der Waals surface area contributed by atoms with Gasteiger partial charge >= 0.3 is 23.9 Å². The molecule has 8 atom stereocenters. The Hall–Kier alpha value is -4.36. The van der Waals surface area contributed by atoms with Gasteiger partial charge in [-0.2, -0.15) is 0 Å². The second kappa shape index (κ2) is 17.9. The van der Waals surface area contributed by atoms with E-state index < -0.39 is 59.2 Å². The summed E-state index contributed by atoms with van der Waals surface area (Å²) in [6.45, 7) is 4.05. The zero-order chi connectivity index (χ0) is 37.9. The van der Waals surface area contributed by atoms with Crippen LogP contribution >= 0.6 is 0 Å². The van der Waals surface area contributed by atoms with E-state index >= 15 is 0 Å². The quantitative estimate of drug-likeness (QED) is 0.0897. The molecule has 2 unspecified atom stereocenters. The Bertz CT molecular complexity index is 1580. The molecule has 12 nitrogen and oxygen atoms in total. The first-order valence-electron chi connectivity index (χ1n) is 17.9. The van der Waals surface area contributed by atoms with Crippen molar-refractivity contribution in [3.05, 3.63) is 96.1 Å². The van der Waals surface area contributed by atoms with Crippen LogP contribution in [0.4, 0.5) is 0 Å². The first-order chi connectivity index (χ1) is 24.8. The highest BCUT2D eigenvalue weighted by Crippen LogP contribution is 2.55. The van der Waals surface area contributed by atoms with Gasteiger partial charge in [0.15, 0.2) is 6.10 Å². The van der Waals surface area contributed by atoms with Crippen molar-refractivity contribution in [1.82, 2.24) is 0 Å². The first kappa shape index (κ1) is 40.4. The van der Waals surface area contributed by atoms with E-state index in [0.717, 1.165) is 38.5 Å². The van der Waals surface area contributed by atoms with Crippen LogP contribution in [0.1, 0.15) is 76.3 Å². The molecule has 2 fully saturated rings. The van der Waals surface area contributed by atoms with Crippen LogP contribution in [0.3, 0.4) is 0 Å². The number of hydrogen-bond donors (Lipinski definition) is 5.